The molecule has 0 radical (unpaired) electrons. The van der Waals surface area contributed by atoms with E-state index in [0.29, 0.717) is 0 Å². The minimum Gasteiger partial charge on any atom is -0.330 e. The van der Waals surface area contributed by atoms with E-state index in [0.717, 1.165) is 12.1 Å². The molecule has 1 heterocycles. The van der Waals surface area contributed by atoms with E-state index in [9.17, 15) is 8.42 Å². The van der Waals surface area contributed by atoms with E-state index in [2.05, 4.69) is 20.0 Å². The second-order valence-electron chi connectivity index (χ2n) is 4.40. The first-order valence-electron chi connectivity index (χ1n) is 6.38. The Labute approximate surface area is 118 Å². The maximum atomic E-state index is 12.2. The molecule has 20 heavy (non-hydrogen) atoms. The number of imidazole rings is 1. The second-order valence-corrected chi connectivity index (χ2v) is 6.08. The van der Waals surface area contributed by atoms with Crippen LogP contribution in [0.25, 0.3) is 0 Å². The standard InChI is InChI=1S/C13H18N4O2S/c1-3-14-10(2)11-5-4-6-12(9-11)20(18,19)17-13-15-7-8-16-13/h4-10,14H,3H2,1-2H3,(H2,15,16,17). The Balaban J connectivity index is 2.25. The van der Waals surface area contributed by atoms with Crippen LogP contribution >= 0.6 is 0 Å². The Morgan fingerprint density at radius 1 is 1.40 bits per heavy atom. The Morgan fingerprint density at radius 2 is 2.20 bits per heavy atom. The summed E-state index contributed by atoms with van der Waals surface area (Å²) in [6.07, 6.45) is 3.04. The fourth-order valence-electron chi connectivity index (χ4n) is 1.88. The van der Waals surface area contributed by atoms with Gasteiger partial charge in [0.15, 0.2) is 0 Å². The number of hydrogen-bond acceptors (Lipinski definition) is 4. The normalized spacial score (nSPS) is 13.1. The van der Waals surface area contributed by atoms with Gasteiger partial charge in [0, 0.05) is 18.4 Å². The fraction of sp³-hybridized carbons (Fsp3) is 0.308. The molecule has 108 valence electrons. The number of nitrogens with zero attached hydrogens (tertiary/aromatic N) is 1. The van der Waals surface area contributed by atoms with Crippen molar-refractivity contribution in [2.45, 2.75) is 24.8 Å². The van der Waals surface area contributed by atoms with Gasteiger partial charge in [-0.3, -0.25) is 0 Å². The number of hydrogen-bond donors (Lipinski definition) is 3. The predicted molar refractivity (Wildman–Crippen MR) is 77.9 cm³/mol. The summed E-state index contributed by atoms with van der Waals surface area (Å²) in [4.78, 5) is 6.78. The van der Waals surface area contributed by atoms with Crippen molar-refractivity contribution >= 4 is 16.0 Å². The lowest BCUT2D eigenvalue weighted by atomic mass is 10.1. The molecule has 7 heteroatoms. The number of benzene rings is 1. The van der Waals surface area contributed by atoms with Gasteiger partial charge in [-0.25, -0.2) is 18.1 Å². The van der Waals surface area contributed by atoms with Crippen LogP contribution in [0.4, 0.5) is 5.95 Å². The van der Waals surface area contributed by atoms with Crippen LogP contribution in [0.3, 0.4) is 0 Å². The summed E-state index contributed by atoms with van der Waals surface area (Å²) in [5, 5.41) is 3.25. The molecule has 2 rings (SSSR count). The molecular formula is C13H18N4O2S. The molecule has 2 aromatic rings. The topological polar surface area (TPSA) is 86.9 Å². The molecule has 1 atom stereocenters. The number of H-pyrrole nitrogens is 1. The zero-order valence-electron chi connectivity index (χ0n) is 11.4. The van der Waals surface area contributed by atoms with Gasteiger partial charge < -0.3 is 10.3 Å². The monoisotopic (exact) mass is 294 g/mol. The molecule has 3 N–H and O–H groups in total. The summed E-state index contributed by atoms with van der Waals surface area (Å²) in [6.45, 7) is 4.83. The maximum Gasteiger partial charge on any atom is 0.264 e. The van der Waals surface area contributed by atoms with Gasteiger partial charge in [-0.1, -0.05) is 19.1 Å². The number of nitrogens with one attached hydrogen (secondary N) is 3. The summed E-state index contributed by atoms with van der Waals surface area (Å²) in [7, 11) is -3.63. The lowest BCUT2D eigenvalue weighted by Crippen LogP contribution is -2.19. The fourth-order valence-corrected chi connectivity index (χ4v) is 2.92. The number of sulfonamides is 1. The molecule has 6 nitrogen and oxygen atoms in total. The van der Waals surface area contributed by atoms with Crippen LogP contribution < -0.4 is 10.0 Å². The SMILES string of the molecule is CCNC(C)c1cccc(S(=O)(=O)Nc2ncc[nH]2)c1. The van der Waals surface area contributed by atoms with Crippen molar-refractivity contribution < 1.29 is 8.42 Å². The van der Waals surface area contributed by atoms with E-state index < -0.39 is 10.0 Å². The van der Waals surface area contributed by atoms with Crippen molar-refractivity contribution in [2.24, 2.45) is 0 Å². The van der Waals surface area contributed by atoms with E-state index >= 15 is 0 Å². The highest BCUT2D eigenvalue weighted by Gasteiger charge is 2.16. The average Bonchev–Trinajstić information content (AvgIpc) is 2.91. The molecule has 1 unspecified atom stereocenters. The second kappa shape index (κ2) is 6.06. The van der Waals surface area contributed by atoms with Crippen molar-refractivity contribution in [1.82, 2.24) is 15.3 Å². The molecule has 0 amide bonds. The molecule has 0 aliphatic heterocycles. The predicted octanol–water partition coefficient (Wildman–Crippen LogP) is 1.88. The molecule has 0 aliphatic carbocycles. The highest BCUT2D eigenvalue weighted by molar-refractivity contribution is 7.92. The van der Waals surface area contributed by atoms with Crippen molar-refractivity contribution in [3.05, 3.63) is 42.2 Å². The Hall–Kier alpha value is -1.86. The van der Waals surface area contributed by atoms with Crippen molar-refractivity contribution in [3.8, 4) is 0 Å². The van der Waals surface area contributed by atoms with E-state index in [-0.39, 0.29) is 16.9 Å². The first-order valence-corrected chi connectivity index (χ1v) is 7.87. The zero-order valence-corrected chi connectivity index (χ0v) is 12.2. The van der Waals surface area contributed by atoms with Crippen molar-refractivity contribution in [1.29, 1.82) is 0 Å². The third-order valence-electron chi connectivity index (χ3n) is 2.91. The van der Waals surface area contributed by atoms with E-state index in [1.807, 2.05) is 19.9 Å². The van der Waals surface area contributed by atoms with E-state index in [1.54, 1.807) is 24.4 Å². The first kappa shape index (κ1) is 14.5. The van der Waals surface area contributed by atoms with Gasteiger partial charge in [-0.2, -0.15) is 0 Å². The van der Waals surface area contributed by atoms with E-state index in [4.69, 9.17) is 0 Å². The number of anilines is 1. The largest absolute Gasteiger partial charge is 0.330 e. The van der Waals surface area contributed by atoms with Crippen LogP contribution in [-0.4, -0.2) is 24.9 Å². The highest BCUT2D eigenvalue weighted by Crippen LogP contribution is 2.19. The number of rotatable bonds is 6. The highest BCUT2D eigenvalue weighted by atomic mass is 32.2. The van der Waals surface area contributed by atoms with Gasteiger partial charge in [0.25, 0.3) is 10.0 Å². The van der Waals surface area contributed by atoms with E-state index in [1.165, 1.54) is 6.20 Å². The van der Waals surface area contributed by atoms with Crippen LogP contribution in [0.5, 0.6) is 0 Å². The molecule has 1 aromatic heterocycles. The van der Waals surface area contributed by atoms with Crippen LogP contribution in [0, 0.1) is 0 Å². The van der Waals surface area contributed by atoms with Crippen LogP contribution in [-0.2, 0) is 10.0 Å². The molecule has 0 saturated carbocycles. The van der Waals surface area contributed by atoms with Crippen LogP contribution in [0.2, 0.25) is 0 Å². The molecule has 0 aliphatic rings. The number of aromatic nitrogens is 2. The summed E-state index contributed by atoms with van der Waals surface area (Å²) < 4.78 is 26.9. The average molecular weight is 294 g/mol. The van der Waals surface area contributed by atoms with Crippen LogP contribution in [0.1, 0.15) is 25.5 Å². The Bertz CT molecular complexity index is 653. The number of aromatic amines is 1. The quantitative estimate of drug-likeness (QED) is 0.759. The maximum absolute atomic E-state index is 12.2. The van der Waals surface area contributed by atoms with Gasteiger partial charge in [-0.15, -0.1) is 0 Å². The van der Waals surface area contributed by atoms with Crippen LogP contribution in [0.15, 0.2) is 41.6 Å². The third kappa shape index (κ3) is 3.37. The summed E-state index contributed by atoms with van der Waals surface area (Å²) in [6, 6.07) is 6.96. The van der Waals surface area contributed by atoms with Crippen molar-refractivity contribution in [3.63, 3.8) is 0 Å². The zero-order chi connectivity index (χ0) is 14.6. The lowest BCUT2D eigenvalue weighted by molar-refractivity contribution is 0.592. The minimum atomic E-state index is -3.63. The third-order valence-corrected chi connectivity index (χ3v) is 4.24. The minimum absolute atomic E-state index is 0.0961. The molecule has 0 fully saturated rings. The Morgan fingerprint density at radius 3 is 2.85 bits per heavy atom. The van der Waals surface area contributed by atoms with Gasteiger partial charge in [-0.05, 0) is 31.2 Å². The van der Waals surface area contributed by atoms with Gasteiger partial charge >= 0.3 is 0 Å². The van der Waals surface area contributed by atoms with Crippen molar-refractivity contribution in [2.75, 3.05) is 11.3 Å². The molecule has 0 saturated heterocycles. The Kier molecular flexibility index (Phi) is 4.41. The summed E-state index contributed by atoms with van der Waals surface area (Å²) in [5.41, 5.74) is 0.925. The van der Waals surface area contributed by atoms with Gasteiger partial charge in [0.05, 0.1) is 4.90 Å². The molecule has 0 spiro atoms. The van der Waals surface area contributed by atoms with Gasteiger partial charge in [0.2, 0.25) is 5.95 Å². The lowest BCUT2D eigenvalue weighted by Gasteiger charge is -2.14. The summed E-state index contributed by atoms with van der Waals surface area (Å²) >= 11 is 0. The summed E-state index contributed by atoms with van der Waals surface area (Å²) in [5.74, 6) is 0.204. The molecule has 1 aromatic carbocycles. The smallest absolute Gasteiger partial charge is 0.264 e. The first-order chi connectivity index (χ1) is 9.53. The molecule has 0 bridgehead atoms. The van der Waals surface area contributed by atoms with Gasteiger partial charge in [0.1, 0.15) is 0 Å². The molecular weight excluding hydrogens is 276 g/mol.